The lowest BCUT2D eigenvalue weighted by atomic mass is 10.1. The van der Waals surface area contributed by atoms with Crippen molar-refractivity contribution in [2.75, 3.05) is 0 Å². The Morgan fingerprint density at radius 3 is 2.38 bits per heavy atom. The molecule has 0 saturated carbocycles. The summed E-state index contributed by atoms with van der Waals surface area (Å²) in [6, 6.07) is 10.1. The van der Waals surface area contributed by atoms with Gasteiger partial charge in [0.2, 0.25) is 0 Å². The van der Waals surface area contributed by atoms with E-state index in [2.05, 4.69) is 5.32 Å². The van der Waals surface area contributed by atoms with Crippen molar-refractivity contribution in [1.29, 1.82) is 0 Å². The molecule has 0 unspecified atom stereocenters. The zero-order valence-corrected chi connectivity index (χ0v) is 9.22. The van der Waals surface area contributed by atoms with Crippen LogP contribution in [0.3, 0.4) is 0 Å². The third kappa shape index (κ3) is 2.34. The van der Waals surface area contributed by atoms with Gasteiger partial charge in [-0.05, 0) is 24.6 Å². The van der Waals surface area contributed by atoms with Gasteiger partial charge in [0.05, 0.1) is 6.04 Å². The van der Waals surface area contributed by atoms with Crippen molar-refractivity contribution in [3.05, 3.63) is 71.7 Å². The summed E-state index contributed by atoms with van der Waals surface area (Å²) >= 11 is 0. The molecule has 16 heavy (non-hydrogen) atoms. The third-order valence-corrected chi connectivity index (χ3v) is 2.59. The minimum atomic E-state index is 0.0936. The molecule has 0 aliphatic heterocycles. The van der Waals surface area contributed by atoms with Crippen molar-refractivity contribution in [2.24, 2.45) is 0 Å². The van der Waals surface area contributed by atoms with Crippen LogP contribution in [0, 0.1) is 0 Å². The fourth-order valence-corrected chi connectivity index (χ4v) is 1.65. The summed E-state index contributed by atoms with van der Waals surface area (Å²) in [7, 11) is 0. The van der Waals surface area contributed by atoms with E-state index in [-0.39, 0.29) is 11.9 Å². The highest BCUT2D eigenvalue weighted by Gasteiger charge is 2.08. The molecule has 1 aliphatic rings. The maximum absolute atomic E-state index is 9.85. The van der Waals surface area contributed by atoms with Crippen LogP contribution in [0.25, 0.3) is 0 Å². The SMILES string of the molecule is C[C@H](NC(O)=C1C=CC=C1)c1ccccc1. The summed E-state index contributed by atoms with van der Waals surface area (Å²) in [5.41, 5.74) is 1.98. The maximum atomic E-state index is 9.85. The molecule has 1 atom stereocenters. The Balaban J connectivity index is 2.08. The predicted molar refractivity (Wildman–Crippen MR) is 65.9 cm³/mol. The zero-order valence-electron chi connectivity index (χ0n) is 9.22. The molecular weight excluding hydrogens is 198 g/mol. The second-order valence-electron chi connectivity index (χ2n) is 3.80. The van der Waals surface area contributed by atoms with Gasteiger partial charge in [0, 0.05) is 5.57 Å². The van der Waals surface area contributed by atoms with Crippen LogP contribution in [0.2, 0.25) is 0 Å². The number of hydrogen-bond acceptors (Lipinski definition) is 2. The fraction of sp³-hybridized carbons (Fsp3) is 0.143. The molecule has 0 aromatic heterocycles. The Morgan fingerprint density at radius 2 is 1.75 bits per heavy atom. The van der Waals surface area contributed by atoms with Gasteiger partial charge in [0.15, 0.2) is 5.88 Å². The van der Waals surface area contributed by atoms with Gasteiger partial charge in [-0.25, -0.2) is 0 Å². The first kappa shape index (κ1) is 10.6. The van der Waals surface area contributed by atoms with E-state index in [0.717, 1.165) is 11.1 Å². The van der Waals surface area contributed by atoms with Gasteiger partial charge >= 0.3 is 0 Å². The van der Waals surface area contributed by atoms with E-state index >= 15 is 0 Å². The largest absolute Gasteiger partial charge is 0.494 e. The van der Waals surface area contributed by atoms with Gasteiger partial charge < -0.3 is 10.4 Å². The number of benzene rings is 1. The van der Waals surface area contributed by atoms with E-state index in [1.807, 2.05) is 61.6 Å². The Labute approximate surface area is 95.6 Å². The van der Waals surface area contributed by atoms with Crippen LogP contribution in [-0.2, 0) is 0 Å². The summed E-state index contributed by atoms with van der Waals surface area (Å²) in [6.07, 6.45) is 7.56. The molecular formula is C14H15NO. The predicted octanol–water partition coefficient (Wildman–Crippen LogP) is 3.23. The molecule has 2 heteroatoms. The van der Waals surface area contributed by atoms with Crippen LogP contribution in [0.5, 0.6) is 0 Å². The van der Waals surface area contributed by atoms with Crippen molar-refractivity contribution in [3.8, 4) is 0 Å². The van der Waals surface area contributed by atoms with Crippen LogP contribution < -0.4 is 5.32 Å². The average molecular weight is 213 g/mol. The second kappa shape index (κ2) is 4.71. The highest BCUT2D eigenvalue weighted by molar-refractivity contribution is 5.41. The molecule has 0 amide bonds. The lowest BCUT2D eigenvalue weighted by Gasteiger charge is -2.15. The van der Waals surface area contributed by atoms with Crippen molar-refractivity contribution >= 4 is 0 Å². The maximum Gasteiger partial charge on any atom is 0.192 e. The molecule has 0 spiro atoms. The quantitative estimate of drug-likeness (QED) is 0.755. The molecule has 0 radical (unpaired) electrons. The molecule has 1 aromatic rings. The molecule has 0 heterocycles. The van der Waals surface area contributed by atoms with E-state index in [0.29, 0.717) is 0 Å². The lowest BCUT2D eigenvalue weighted by Crippen LogP contribution is -2.18. The van der Waals surface area contributed by atoms with Gasteiger partial charge in [0.25, 0.3) is 0 Å². The van der Waals surface area contributed by atoms with E-state index in [9.17, 15) is 5.11 Å². The molecule has 0 saturated heterocycles. The Kier molecular flexibility index (Phi) is 3.10. The van der Waals surface area contributed by atoms with Crippen molar-refractivity contribution in [1.82, 2.24) is 5.32 Å². The summed E-state index contributed by atoms with van der Waals surface area (Å²) in [6.45, 7) is 2.02. The Morgan fingerprint density at radius 1 is 1.12 bits per heavy atom. The average Bonchev–Trinajstić information content (AvgIpc) is 2.83. The highest BCUT2D eigenvalue weighted by atomic mass is 16.3. The van der Waals surface area contributed by atoms with E-state index in [1.54, 1.807) is 0 Å². The minimum Gasteiger partial charge on any atom is -0.494 e. The highest BCUT2D eigenvalue weighted by Crippen LogP contribution is 2.16. The number of allylic oxidation sites excluding steroid dienone is 5. The van der Waals surface area contributed by atoms with Crippen molar-refractivity contribution < 1.29 is 5.11 Å². The molecule has 0 bridgehead atoms. The summed E-state index contributed by atoms with van der Waals surface area (Å²) < 4.78 is 0. The number of rotatable bonds is 3. The molecule has 1 aliphatic carbocycles. The molecule has 2 N–H and O–H groups in total. The first-order valence-electron chi connectivity index (χ1n) is 5.37. The normalized spacial score (nSPS) is 15.2. The van der Waals surface area contributed by atoms with E-state index in [1.165, 1.54) is 0 Å². The van der Waals surface area contributed by atoms with Crippen molar-refractivity contribution in [3.63, 3.8) is 0 Å². The topological polar surface area (TPSA) is 32.3 Å². The number of aliphatic hydroxyl groups excluding tert-OH is 1. The summed E-state index contributed by atoms with van der Waals surface area (Å²) in [5.74, 6) is 0.223. The minimum absolute atomic E-state index is 0.0936. The second-order valence-corrected chi connectivity index (χ2v) is 3.80. The molecule has 2 nitrogen and oxygen atoms in total. The van der Waals surface area contributed by atoms with E-state index < -0.39 is 0 Å². The Bertz CT molecular complexity index is 429. The van der Waals surface area contributed by atoms with Crippen LogP contribution in [0.1, 0.15) is 18.5 Å². The number of aliphatic hydroxyl groups is 1. The van der Waals surface area contributed by atoms with E-state index in [4.69, 9.17) is 0 Å². The first-order valence-corrected chi connectivity index (χ1v) is 5.37. The zero-order chi connectivity index (χ0) is 11.4. The lowest BCUT2D eigenvalue weighted by molar-refractivity contribution is 0.343. The van der Waals surface area contributed by atoms with Gasteiger partial charge in [-0.1, -0.05) is 42.5 Å². The first-order chi connectivity index (χ1) is 7.77. The third-order valence-electron chi connectivity index (χ3n) is 2.59. The fourth-order valence-electron chi connectivity index (χ4n) is 1.65. The Hall–Kier alpha value is -1.96. The monoisotopic (exact) mass is 213 g/mol. The molecule has 1 aromatic carbocycles. The van der Waals surface area contributed by atoms with Gasteiger partial charge in [-0.3, -0.25) is 0 Å². The van der Waals surface area contributed by atoms with Crippen molar-refractivity contribution in [2.45, 2.75) is 13.0 Å². The van der Waals surface area contributed by atoms with Gasteiger partial charge in [-0.15, -0.1) is 0 Å². The number of hydrogen-bond donors (Lipinski definition) is 2. The standard InChI is InChI=1S/C14H15NO/c1-11(12-7-3-2-4-8-12)15-14(16)13-9-5-6-10-13/h2-11,15-16H,1H3/t11-/m0/s1. The number of nitrogens with one attached hydrogen (secondary N) is 1. The smallest absolute Gasteiger partial charge is 0.192 e. The van der Waals surface area contributed by atoms with Gasteiger partial charge in [-0.2, -0.15) is 0 Å². The van der Waals surface area contributed by atoms with Crippen LogP contribution in [0.15, 0.2) is 66.1 Å². The molecule has 82 valence electrons. The summed E-state index contributed by atoms with van der Waals surface area (Å²) in [5, 5.41) is 12.9. The van der Waals surface area contributed by atoms with Crippen LogP contribution in [0.4, 0.5) is 0 Å². The summed E-state index contributed by atoms with van der Waals surface area (Å²) in [4.78, 5) is 0. The molecule has 0 fully saturated rings. The van der Waals surface area contributed by atoms with Crippen LogP contribution in [-0.4, -0.2) is 5.11 Å². The van der Waals surface area contributed by atoms with Gasteiger partial charge in [0.1, 0.15) is 0 Å². The molecule has 2 rings (SSSR count). The van der Waals surface area contributed by atoms with Crippen LogP contribution >= 0.6 is 0 Å².